The molecule has 1 atom stereocenters. The Balaban J connectivity index is 1.66. The van der Waals surface area contributed by atoms with E-state index in [0.29, 0.717) is 16.7 Å². The summed E-state index contributed by atoms with van der Waals surface area (Å²) in [6, 6.07) is 10.7. The van der Waals surface area contributed by atoms with Crippen LogP contribution in [0.25, 0.3) is 16.7 Å². The molecule has 0 aliphatic carbocycles. The third-order valence-electron chi connectivity index (χ3n) is 5.01. The number of imidazole rings is 1. The van der Waals surface area contributed by atoms with Crippen molar-refractivity contribution in [1.82, 2.24) is 19.3 Å². The SMILES string of the molecule is Cc1ccnn1-c1cccc(NC(=O)C(C(C)C)n2cnc3cc(F)c(F)cc32)c1. The van der Waals surface area contributed by atoms with E-state index in [0.717, 1.165) is 23.5 Å². The van der Waals surface area contributed by atoms with Crippen molar-refractivity contribution in [2.45, 2.75) is 26.8 Å². The monoisotopic (exact) mass is 409 g/mol. The van der Waals surface area contributed by atoms with Crippen LogP contribution in [-0.4, -0.2) is 25.2 Å². The van der Waals surface area contributed by atoms with E-state index in [1.165, 1.54) is 6.33 Å². The van der Waals surface area contributed by atoms with Crippen LogP contribution in [0.15, 0.2) is 55.0 Å². The summed E-state index contributed by atoms with van der Waals surface area (Å²) in [5.41, 5.74) is 3.06. The standard InChI is InChI=1S/C22H21F2N5O/c1-13(2)21(28-12-25-19-10-17(23)18(24)11-20(19)28)22(30)27-15-5-4-6-16(9-15)29-14(3)7-8-26-29/h4-13,21H,1-3H3,(H,27,30). The summed E-state index contributed by atoms with van der Waals surface area (Å²) in [5, 5.41) is 7.21. The van der Waals surface area contributed by atoms with E-state index in [1.807, 2.05) is 45.0 Å². The number of fused-ring (bicyclic) bond motifs is 1. The zero-order valence-electron chi connectivity index (χ0n) is 16.8. The van der Waals surface area contributed by atoms with Crippen LogP contribution in [-0.2, 0) is 4.79 Å². The summed E-state index contributed by atoms with van der Waals surface area (Å²) in [6.07, 6.45) is 3.15. The van der Waals surface area contributed by atoms with Gasteiger partial charge in [-0.3, -0.25) is 4.79 Å². The molecular weight excluding hydrogens is 388 g/mol. The topological polar surface area (TPSA) is 64.7 Å². The first-order chi connectivity index (χ1) is 14.3. The molecule has 0 radical (unpaired) electrons. The minimum absolute atomic E-state index is 0.118. The number of anilines is 1. The van der Waals surface area contributed by atoms with Crippen LogP contribution in [0.4, 0.5) is 14.5 Å². The second-order valence-corrected chi connectivity index (χ2v) is 7.52. The molecule has 4 rings (SSSR count). The Labute approximate surface area is 172 Å². The summed E-state index contributed by atoms with van der Waals surface area (Å²) in [7, 11) is 0. The van der Waals surface area contributed by atoms with E-state index < -0.39 is 17.7 Å². The molecule has 154 valence electrons. The highest BCUT2D eigenvalue weighted by molar-refractivity contribution is 5.95. The number of halogens is 2. The fourth-order valence-electron chi connectivity index (χ4n) is 3.57. The van der Waals surface area contributed by atoms with Crippen LogP contribution in [0.1, 0.15) is 25.6 Å². The number of nitrogens with zero attached hydrogens (tertiary/aromatic N) is 4. The minimum atomic E-state index is -0.977. The van der Waals surface area contributed by atoms with Gasteiger partial charge in [0.15, 0.2) is 11.6 Å². The molecule has 0 aliphatic rings. The predicted octanol–water partition coefficient (Wildman–Crippen LogP) is 4.64. The van der Waals surface area contributed by atoms with Crippen molar-refractivity contribution < 1.29 is 13.6 Å². The highest BCUT2D eigenvalue weighted by atomic mass is 19.2. The van der Waals surface area contributed by atoms with E-state index in [-0.39, 0.29) is 11.8 Å². The largest absolute Gasteiger partial charge is 0.324 e. The first kappa shape index (κ1) is 19.8. The Morgan fingerprint density at radius 2 is 1.87 bits per heavy atom. The van der Waals surface area contributed by atoms with Crippen molar-refractivity contribution in [2.24, 2.45) is 5.92 Å². The number of amides is 1. The summed E-state index contributed by atoms with van der Waals surface area (Å²) in [4.78, 5) is 17.3. The van der Waals surface area contributed by atoms with Crippen molar-refractivity contribution in [3.63, 3.8) is 0 Å². The lowest BCUT2D eigenvalue weighted by Gasteiger charge is -2.22. The van der Waals surface area contributed by atoms with Crippen LogP contribution < -0.4 is 5.32 Å². The van der Waals surface area contributed by atoms with Gasteiger partial charge in [-0.1, -0.05) is 19.9 Å². The van der Waals surface area contributed by atoms with Gasteiger partial charge in [-0.2, -0.15) is 5.10 Å². The maximum absolute atomic E-state index is 13.8. The van der Waals surface area contributed by atoms with Gasteiger partial charge >= 0.3 is 0 Å². The second kappa shape index (κ2) is 7.70. The van der Waals surface area contributed by atoms with Gasteiger partial charge < -0.3 is 9.88 Å². The normalized spacial score (nSPS) is 12.5. The van der Waals surface area contributed by atoms with Crippen LogP contribution in [0, 0.1) is 24.5 Å². The third-order valence-corrected chi connectivity index (χ3v) is 5.01. The van der Waals surface area contributed by atoms with Crippen molar-refractivity contribution in [3.05, 3.63) is 72.3 Å². The average molecular weight is 409 g/mol. The smallest absolute Gasteiger partial charge is 0.247 e. The highest BCUT2D eigenvalue weighted by Crippen LogP contribution is 2.27. The number of benzene rings is 2. The molecule has 2 aromatic carbocycles. The van der Waals surface area contributed by atoms with Crippen LogP contribution in [0.2, 0.25) is 0 Å². The molecule has 30 heavy (non-hydrogen) atoms. The summed E-state index contributed by atoms with van der Waals surface area (Å²) in [6.45, 7) is 5.72. The molecule has 0 spiro atoms. The quantitative estimate of drug-likeness (QED) is 0.522. The van der Waals surface area contributed by atoms with Crippen LogP contribution in [0.3, 0.4) is 0 Å². The predicted molar refractivity (Wildman–Crippen MR) is 110 cm³/mol. The number of rotatable bonds is 5. The summed E-state index contributed by atoms with van der Waals surface area (Å²) >= 11 is 0. The first-order valence-electron chi connectivity index (χ1n) is 9.58. The van der Waals surface area contributed by atoms with Crippen molar-refractivity contribution in [1.29, 1.82) is 0 Å². The number of hydrogen-bond donors (Lipinski definition) is 1. The number of hydrogen-bond acceptors (Lipinski definition) is 3. The van der Waals surface area contributed by atoms with Gasteiger partial charge in [0.25, 0.3) is 0 Å². The van der Waals surface area contributed by atoms with Crippen molar-refractivity contribution in [2.75, 3.05) is 5.32 Å². The number of aryl methyl sites for hydroxylation is 1. The molecule has 0 fully saturated rings. The lowest BCUT2D eigenvalue weighted by atomic mass is 10.0. The van der Waals surface area contributed by atoms with Gasteiger partial charge in [0.05, 0.1) is 23.0 Å². The molecule has 2 aromatic heterocycles. The third kappa shape index (κ3) is 3.56. The highest BCUT2D eigenvalue weighted by Gasteiger charge is 2.26. The van der Waals surface area contributed by atoms with Crippen molar-refractivity contribution >= 4 is 22.6 Å². The molecule has 0 bridgehead atoms. The average Bonchev–Trinajstić information content (AvgIpc) is 3.29. The van der Waals surface area contributed by atoms with Gasteiger partial charge in [-0.05, 0) is 37.1 Å². The molecule has 1 N–H and O–H groups in total. The van der Waals surface area contributed by atoms with Gasteiger partial charge in [-0.25, -0.2) is 18.4 Å². The molecule has 0 aliphatic heterocycles. The van der Waals surface area contributed by atoms with Gasteiger partial charge in [0.2, 0.25) is 5.91 Å². The zero-order chi connectivity index (χ0) is 21.4. The van der Waals surface area contributed by atoms with E-state index in [9.17, 15) is 13.6 Å². The van der Waals surface area contributed by atoms with E-state index in [4.69, 9.17) is 0 Å². The minimum Gasteiger partial charge on any atom is -0.324 e. The summed E-state index contributed by atoms with van der Waals surface area (Å²) in [5.74, 6) is -2.34. The van der Waals surface area contributed by atoms with Gasteiger partial charge in [-0.15, -0.1) is 0 Å². The van der Waals surface area contributed by atoms with E-state index in [1.54, 1.807) is 21.5 Å². The Bertz CT molecular complexity index is 1230. The summed E-state index contributed by atoms with van der Waals surface area (Å²) < 4.78 is 30.7. The Morgan fingerprint density at radius 1 is 1.10 bits per heavy atom. The number of aromatic nitrogens is 4. The van der Waals surface area contributed by atoms with E-state index >= 15 is 0 Å². The molecule has 4 aromatic rings. The zero-order valence-corrected chi connectivity index (χ0v) is 16.8. The number of carbonyl (C=O) groups excluding carboxylic acids is 1. The Morgan fingerprint density at radius 3 is 2.57 bits per heavy atom. The number of carbonyl (C=O) groups is 1. The van der Waals surface area contributed by atoms with Crippen molar-refractivity contribution in [3.8, 4) is 5.69 Å². The van der Waals surface area contributed by atoms with E-state index in [2.05, 4.69) is 15.4 Å². The van der Waals surface area contributed by atoms with Crippen LogP contribution in [0.5, 0.6) is 0 Å². The second-order valence-electron chi connectivity index (χ2n) is 7.52. The number of nitrogens with one attached hydrogen (secondary N) is 1. The Kier molecular flexibility index (Phi) is 5.07. The molecule has 0 saturated heterocycles. The molecule has 1 amide bonds. The van der Waals surface area contributed by atoms with Gasteiger partial charge in [0, 0.05) is 29.7 Å². The fraction of sp³-hybridized carbons (Fsp3) is 0.227. The maximum atomic E-state index is 13.8. The molecular formula is C22H21F2N5O. The van der Waals surface area contributed by atoms with Gasteiger partial charge in [0.1, 0.15) is 6.04 Å². The molecule has 8 heteroatoms. The van der Waals surface area contributed by atoms with Crippen LogP contribution >= 0.6 is 0 Å². The molecule has 6 nitrogen and oxygen atoms in total. The Hall–Kier alpha value is -3.55. The lowest BCUT2D eigenvalue weighted by molar-refractivity contribution is -0.120. The molecule has 2 heterocycles. The maximum Gasteiger partial charge on any atom is 0.247 e. The molecule has 1 unspecified atom stereocenters. The fourth-order valence-corrected chi connectivity index (χ4v) is 3.57. The lowest BCUT2D eigenvalue weighted by Crippen LogP contribution is -2.29. The molecule has 0 saturated carbocycles. The first-order valence-corrected chi connectivity index (χ1v) is 9.58.